The van der Waals surface area contributed by atoms with E-state index in [1.807, 2.05) is 0 Å². The quantitative estimate of drug-likeness (QED) is 0.313. The molecule has 7 heteroatoms. The normalized spacial score (nSPS) is 13.0. The second-order valence-electron chi connectivity index (χ2n) is 4.26. The number of carbonyl (C=O) groups excluding carboxylic acids is 2. The topological polar surface area (TPSA) is 95.7 Å². The molecule has 0 N–H and O–H groups in total. The molecule has 0 heterocycles. The van der Waals surface area contributed by atoms with Crippen LogP contribution in [0.25, 0.3) is 0 Å². The van der Waals surface area contributed by atoms with Gasteiger partial charge in [0.05, 0.1) is 19.6 Å². The monoisotopic (exact) mass is 295 g/mol. The number of hydrogen-bond acceptors (Lipinski definition) is 6. The van der Waals surface area contributed by atoms with E-state index < -0.39 is 22.9 Å². The summed E-state index contributed by atoms with van der Waals surface area (Å²) in [5, 5.41) is 11.2. The lowest BCUT2D eigenvalue weighted by Crippen LogP contribution is -2.37. The van der Waals surface area contributed by atoms with Crippen molar-refractivity contribution in [3.05, 3.63) is 39.9 Å². The van der Waals surface area contributed by atoms with E-state index in [9.17, 15) is 19.7 Å². The van der Waals surface area contributed by atoms with E-state index in [0.717, 1.165) is 0 Å². The molecule has 0 aliphatic rings. The Morgan fingerprint density at radius 3 is 2.43 bits per heavy atom. The van der Waals surface area contributed by atoms with Crippen molar-refractivity contribution in [1.29, 1.82) is 0 Å². The largest absolute Gasteiger partial charge is 0.497 e. The molecule has 1 aromatic rings. The van der Waals surface area contributed by atoms with E-state index in [4.69, 9.17) is 9.47 Å². The summed E-state index contributed by atoms with van der Waals surface area (Å²) in [6.07, 6.45) is 0.418. The van der Waals surface area contributed by atoms with Gasteiger partial charge in [-0.15, -0.1) is 0 Å². The zero-order valence-electron chi connectivity index (χ0n) is 11.9. The lowest BCUT2D eigenvalue weighted by molar-refractivity contribution is -0.514. The summed E-state index contributed by atoms with van der Waals surface area (Å²) in [4.78, 5) is 33.1. The molecule has 0 spiro atoms. The molecule has 0 saturated heterocycles. The first-order chi connectivity index (χ1) is 10.0. The summed E-state index contributed by atoms with van der Waals surface area (Å²) >= 11 is 0. The molecule has 7 nitrogen and oxygen atoms in total. The molecule has 1 rings (SSSR count). The third kappa shape index (κ3) is 4.27. The number of nitrogens with zero attached hydrogens (tertiary/aromatic N) is 1. The van der Waals surface area contributed by atoms with Crippen molar-refractivity contribution in [3.63, 3.8) is 0 Å². The molecule has 0 aliphatic carbocycles. The van der Waals surface area contributed by atoms with Gasteiger partial charge in [-0.3, -0.25) is 10.1 Å². The zero-order chi connectivity index (χ0) is 15.8. The minimum atomic E-state index is -1.61. The maximum absolute atomic E-state index is 11.8. The van der Waals surface area contributed by atoms with Crippen LogP contribution in [0.3, 0.4) is 0 Å². The maximum atomic E-state index is 11.8. The molecule has 0 bridgehead atoms. The van der Waals surface area contributed by atoms with Crippen LogP contribution in [0.4, 0.5) is 0 Å². The highest BCUT2D eigenvalue weighted by Crippen LogP contribution is 2.27. The van der Waals surface area contributed by atoms with Gasteiger partial charge in [0, 0.05) is 11.3 Å². The number of benzene rings is 1. The Labute approximate surface area is 122 Å². The highest BCUT2D eigenvalue weighted by Gasteiger charge is 2.40. The van der Waals surface area contributed by atoms with Crippen molar-refractivity contribution in [2.75, 3.05) is 13.7 Å². The summed E-state index contributed by atoms with van der Waals surface area (Å²) in [6, 6.07) is 4.83. The summed E-state index contributed by atoms with van der Waals surface area (Å²) in [7, 11) is 1.50. The first kappa shape index (κ1) is 16.6. The predicted molar refractivity (Wildman–Crippen MR) is 73.8 cm³/mol. The molecular weight excluding hydrogens is 278 g/mol. The summed E-state index contributed by atoms with van der Waals surface area (Å²) < 4.78 is 9.75. The van der Waals surface area contributed by atoms with Crippen LogP contribution < -0.4 is 4.74 Å². The van der Waals surface area contributed by atoms with Crippen LogP contribution in [-0.4, -0.2) is 36.9 Å². The molecule has 0 saturated carbocycles. The molecule has 0 aliphatic heterocycles. The van der Waals surface area contributed by atoms with E-state index in [2.05, 4.69) is 0 Å². The van der Waals surface area contributed by atoms with Gasteiger partial charge in [-0.1, -0.05) is 12.1 Å². The number of hydrogen-bond donors (Lipinski definition) is 0. The van der Waals surface area contributed by atoms with Crippen LogP contribution in [0.15, 0.2) is 24.3 Å². The summed E-state index contributed by atoms with van der Waals surface area (Å²) in [5.74, 6) is -1.23. The zero-order valence-corrected chi connectivity index (χ0v) is 11.9. The van der Waals surface area contributed by atoms with Gasteiger partial charge in [0.1, 0.15) is 12.0 Å². The number of methoxy groups -OCH3 is 1. The van der Waals surface area contributed by atoms with Gasteiger partial charge < -0.3 is 14.3 Å². The standard InChI is InChI=1S/C14H17NO6/c1-3-21-14(17)13(15(18)19)12(8-9-16)10-4-6-11(20-2)7-5-10/h4-7,9,12-13H,3,8H2,1-2H3/t12-,13?/m0/s1. The highest BCUT2D eigenvalue weighted by molar-refractivity contribution is 5.76. The Hall–Kier alpha value is -2.44. The van der Waals surface area contributed by atoms with Crippen molar-refractivity contribution in [2.45, 2.75) is 25.3 Å². The number of ether oxygens (including phenoxy) is 2. The van der Waals surface area contributed by atoms with Gasteiger partial charge in [0.15, 0.2) is 0 Å². The second kappa shape index (κ2) is 7.98. The molecule has 0 aromatic heterocycles. The first-order valence-electron chi connectivity index (χ1n) is 6.42. The van der Waals surface area contributed by atoms with E-state index in [1.54, 1.807) is 31.2 Å². The van der Waals surface area contributed by atoms with Crippen molar-refractivity contribution in [3.8, 4) is 5.75 Å². The molecule has 114 valence electrons. The fourth-order valence-electron chi connectivity index (χ4n) is 2.03. The molecule has 1 aromatic carbocycles. The third-order valence-electron chi connectivity index (χ3n) is 3.03. The second-order valence-corrected chi connectivity index (χ2v) is 4.26. The summed E-state index contributed by atoms with van der Waals surface area (Å²) in [5.41, 5.74) is 0.512. The molecule has 21 heavy (non-hydrogen) atoms. The van der Waals surface area contributed by atoms with Crippen LogP contribution in [0.2, 0.25) is 0 Å². The van der Waals surface area contributed by atoms with Gasteiger partial charge in [-0.25, -0.2) is 4.79 Å². The SMILES string of the molecule is CCOC(=O)C([C@@H](CC=O)c1ccc(OC)cc1)[N+](=O)[O-]. The Kier molecular flexibility index (Phi) is 6.32. The van der Waals surface area contributed by atoms with E-state index >= 15 is 0 Å². The van der Waals surface area contributed by atoms with Crippen molar-refractivity contribution < 1.29 is 24.0 Å². The minimum Gasteiger partial charge on any atom is -0.497 e. The molecule has 1 unspecified atom stereocenters. The van der Waals surface area contributed by atoms with E-state index in [0.29, 0.717) is 17.6 Å². The molecule has 0 radical (unpaired) electrons. The minimum absolute atomic E-state index is 0.0413. The number of aldehydes is 1. The third-order valence-corrected chi connectivity index (χ3v) is 3.03. The number of esters is 1. The van der Waals surface area contributed by atoms with Gasteiger partial charge >= 0.3 is 12.0 Å². The number of nitro groups is 1. The predicted octanol–water partition coefficient (Wildman–Crippen LogP) is 1.58. The number of rotatable bonds is 8. The fourth-order valence-corrected chi connectivity index (χ4v) is 2.03. The van der Waals surface area contributed by atoms with Crippen LogP contribution in [0.5, 0.6) is 5.75 Å². The molecule has 2 atom stereocenters. The number of carbonyl (C=O) groups is 2. The Bertz CT molecular complexity index is 499. The molecular formula is C14H17NO6. The van der Waals surface area contributed by atoms with Crippen LogP contribution in [0.1, 0.15) is 24.8 Å². The Morgan fingerprint density at radius 2 is 2.00 bits per heavy atom. The van der Waals surface area contributed by atoms with Crippen molar-refractivity contribution in [1.82, 2.24) is 0 Å². The average Bonchev–Trinajstić information content (AvgIpc) is 2.47. The van der Waals surface area contributed by atoms with Crippen LogP contribution in [0, 0.1) is 10.1 Å². The van der Waals surface area contributed by atoms with Crippen molar-refractivity contribution >= 4 is 12.3 Å². The molecule has 0 fully saturated rings. The van der Waals surface area contributed by atoms with Gasteiger partial charge in [0.25, 0.3) is 0 Å². The van der Waals surface area contributed by atoms with Gasteiger partial charge in [-0.05, 0) is 24.6 Å². The average molecular weight is 295 g/mol. The lowest BCUT2D eigenvalue weighted by atomic mass is 9.89. The maximum Gasteiger partial charge on any atom is 0.382 e. The molecule has 0 amide bonds. The lowest BCUT2D eigenvalue weighted by Gasteiger charge is -2.18. The van der Waals surface area contributed by atoms with Crippen LogP contribution >= 0.6 is 0 Å². The van der Waals surface area contributed by atoms with Gasteiger partial charge in [0.2, 0.25) is 0 Å². The Balaban J connectivity index is 3.13. The smallest absolute Gasteiger partial charge is 0.382 e. The van der Waals surface area contributed by atoms with E-state index in [-0.39, 0.29) is 13.0 Å². The highest BCUT2D eigenvalue weighted by atomic mass is 16.6. The van der Waals surface area contributed by atoms with Crippen molar-refractivity contribution in [2.24, 2.45) is 0 Å². The summed E-state index contributed by atoms with van der Waals surface area (Å²) in [6.45, 7) is 1.61. The van der Waals surface area contributed by atoms with Gasteiger partial charge in [-0.2, -0.15) is 0 Å². The van der Waals surface area contributed by atoms with Crippen LogP contribution in [-0.2, 0) is 14.3 Å². The first-order valence-corrected chi connectivity index (χ1v) is 6.42. The van der Waals surface area contributed by atoms with E-state index in [1.165, 1.54) is 7.11 Å². The fraction of sp³-hybridized carbons (Fsp3) is 0.429. The Morgan fingerprint density at radius 1 is 1.38 bits per heavy atom.